The van der Waals surface area contributed by atoms with E-state index in [0.717, 1.165) is 18.4 Å². The van der Waals surface area contributed by atoms with Gasteiger partial charge in [0.25, 0.3) is 0 Å². The summed E-state index contributed by atoms with van der Waals surface area (Å²) in [5.74, 6) is -4.27. The van der Waals surface area contributed by atoms with Crippen LogP contribution in [0.25, 0.3) is 0 Å². The molecule has 1 aromatic carbocycles. The lowest BCUT2D eigenvalue weighted by molar-refractivity contribution is 0.445. The van der Waals surface area contributed by atoms with Gasteiger partial charge in [0.15, 0.2) is 17.5 Å². The second-order valence-electron chi connectivity index (χ2n) is 2.97. The minimum Gasteiger partial charge on any atom is -0.213 e. The number of hydrogen-bond acceptors (Lipinski definition) is 2. The molecule has 0 bridgehead atoms. The van der Waals surface area contributed by atoms with E-state index in [1.54, 1.807) is 0 Å². The highest BCUT2D eigenvalue weighted by molar-refractivity contribution is 7.88. The summed E-state index contributed by atoms with van der Waals surface area (Å²) in [4.78, 5) is 0. The van der Waals surface area contributed by atoms with Gasteiger partial charge in [-0.3, -0.25) is 0 Å². The second-order valence-corrected chi connectivity index (χ2v) is 4.80. The summed E-state index contributed by atoms with van der Waals surface area (Å²) in [7, 11) is -3.45. The second kappa shape index (κ2) is 4.19. The molecule has 1 N–H and O–H groups in total. The lowest BCUT2D eigenvalue weighted by atomic mass is 10.2. The van der Waals surface area contributed by atoms with E-state index in [0.29, 0.717) is 0 Å². The molecule has 0 spiro atoms. The largest absolute Gasteiger partial charge is 0.213 e. The van der Waals surface area contributed by atoms with Crippen molar-refractivity contribution in [3.8, 4) is 0 Å². The van der Waals surface area contributed by atoms with E-state index in [2.05, 4.69) is 0 Å². The van der Waals surface area contributed by atoms with Gasteiger partial charge in [0, 0.05) is 6.54 Å². The highest BCUT2D eigenvalue weighted by Gasteiger charge is 2.11. The van der Waals surface area contributed by atoms with Crippen molar-refractivity contribution in [2.75, 3.05) is 6.26 Å². The molecule has 0 aliphatic rings. The number of halogens is 3. The summed E-state index contributed by atoms with van der Waals surface area (Å²) >= 11 is 0. The van der Waals surface area contributed by atoms with Gasteiger partial charge in [-0.05, 0) is 17.7 Å². The molecular weight excluding hydrogens is 231 g/mol. The molecule has 0 amide bonds. The Morgan fingerprint density at radius 1 is 1.20 bits per heavy atom. The fourth-order valence-electron chi connectivity index (χ4n) is 0.924. The Morgan fingerprint density at radius 2 is 1.67 bits per heavy atom. The van der Waals surface area contributed by atoms with Gasteiger partial charge in [-0.15, -0.1) is 0 Å². The van der Waals surface area contributed by atoms with Gasteiger partial charge in [0.2, 0.25) is 10.0 Å². The molecule has 0 atom stereocenters. The predicted molar refractivity (Wildman–Crippen MR) is 48.0 cm³/mol. The molecule has 0 aliphatic carbocycles. The van der Waals surface area contributed by atoms with Crippen molar-refractivity contribution in [3.63, 3.8) is 0 Å². The summed E-state index contributed by atoms with van der Waals surface area (Å²) in [5.41, 5.74) is 0.0109. The Hall–Kier alpha value is -1.08. The monoisotopic (exact) mass is 239 g/mol. The van der Waals surface area contributed by atoms with Crippen LogP contribution >= 0.6 is 0 Å². The molecule has 0 fully saturated rings. The van der Waals surface area contributed by atoms with Gasteiger partial charge in [0.05, 0.1) is 6.26 Å². The Morgan fingerprint density at radius 3 is 2.07 bits per heavy atom. The third kappa shape index (κ3) is 3.52. The van der Waals surface area contributed by atoms with Crippen LogP contribution < -0.4 is 4.72 Å². The van der Waals surface area contributed by atoms with Crippen LogP contribution in [0.3, 0.4) is 0 Å². The first-order valence-electron chi connectivity index (χ1n) is 3.87. The third-order valence-corrected chi connectivity index (χ3v) is 2.25. The lowest BCUT2D eigenvalue weighted by Crippen LogP contribution is -2.21. The molecule has 7 heteroatoms. The molecule has 0 saturated heterocycles. The smallest absolute Gasteiger partial charge is 0.209 e. The molecule has 0 radical (unpaired) electrons. The van der Waals surface area contributed by atoms with Crippen molar-refractivity contribution < 1.29 is 21.6 Å². The molecule has 3 nitrogen and oxygen atoms in total. The first kappa shape index (κ1) is 12.0. The van der Waals surface area contributed by atoms with Crippen LogP contribution in [0.2, 0.25) is 0 Å². The maximum Gasteiger partial charge on any atom is 0.209 e. The average molecular weight is 239 g/mol. The standard InChI is InChI=1S/C8H8F3NO2S/c1-15(13,14)12-4-5-2-6(9)8(11)7(10)3-5/h2-3,12H,4H2,1H3. The highest BCUT2D eigenvalue weighted by Crippen LogP contribution is 2.13. The van der Waals surface area contributed by atoms with Crippen molar-refractivity contribution in [2.24, 2.45) is 0 Å². The van der Waals surface area contributed by atoms with Crippen molar-refractivity contribution in [2.45, 2.75) is 6.54 Å². The van der Waals surface area contributed by atoms with Gasteiger partial charge in [-0.2, -0.15) is 0 Å². The fourth-order valence-corrected chi connectivity index (χ4v) is 1.35. The van der Waals surface area contributed by atoms with Crippen molar-refractivity contribution >= 4 is 10.0 Å². The van der Waals surface area contributed by atoms with Crippen LogP contribution in [-0.2, 0) is 16.6 Å². The SMILES string of the molecule is CS(=O)(=O)NCc1cc(F)c(F)c(F)c1. The van der Waals surface area contributed by atoms with Crippen LogP contribution in [-0.4, -0.2) is 14.7 Å². The quantitative estimate of drug-likeness (QED) is 0.804. The molecule has 0 heterocycles. The van der Waals surface area contributed by atoms with Crippen LogP contribution in [0, 0.1) is 17.5 Å². The van der Waals surface area contributed by atoms with Crippen LogP contribution in [0.4, 0.5) is 13.2 Å². The summed E-state index contributed by atoms with van der Waals surface area (Å²) in [5, 5.41) is 0. The van der Waals surface area contributed by atoms with Gasteiger partial charge in [-0.25, -0.2) is 26.3 Å². The molecule has 84 valence electrons. The lowest BCUT2D eigenvalue weighted by Gasteiger charge is -2.03. The molecule has 0 unspecified atom stereocenters. The average Bonchev–Trinajstić information content (AvgIpc) is 2.09. The minimum atomic E-state index is -3.45. The Balaban J connectivity index is 2.89. The fraction of sp³-hybridized carbons (Fsp3) is 0.250. The third-order valence-electron chi connectivity index (χ3n) is 1.58. The van der Waals surface area contributed by atoms with Gasteiger partial charge in [-0.1, -0.05) is 0 Å². The highest BCUT2D eigenvalue weighted by atomic mass is 32.2. The maximum absolute atomic E-state index is 12.7. The van der Waals surface area contributed by atoms with Gasteiger partial charge >= 0.3 is 0 Å². The summed E-state index contributed by atoms with van der Waals surface area (Å²) < 4.78 is 61.2. The number of benzene rings is 1. The molecule has 1 aromatic rings. The van der Waals surface area contributed by atoms with Crippen molar-refractivity contribution in [1.82, 2.24) is 4.72 Å². The molecule has 1 rings (SSSR count). The molecule has 0 saturated carbocycles. The van der Waals surface area contributed by atoms with Gasteiger partial charge in [0.1, 0.15) is 0 Å². The van der Waals surface area contributed by atoms with Crippen molar-refractivity contribution in [3.05, 3.63) is 35.1 Å². The Bertz CT molecular complexity index is 450. The van der Waals surface area contributed by atoms with Crippen LogP contribution in [0.15, 0.2) is 12.1 Å². The molecule has 15 heavy (non-hydrogen) atoms. The van der Waals surface area contributed by atoms with E-state index < -0.39 is 27.5 Å². The number of sulfonamides is 1. The minimum absolute atomic E-state index is 0.0109. The van der Waals surface area contributed by atoms with E-state index in [1.165, 1.54) is 0 Å². The molecule has 0 aliphatic heterocycles. The van der Waals surface area contributed by atoms with E-state index in [4.69, 9.17) is 0 Å². The van der Waals surface area contributed by atoms with Crippen molar-refractivity contribution in [1.29, 1.82) is 0 Å². The van der Waals surface area contributed by atoms with E-state index >= 15 is 0 Å². The Labute approximate surface area is 85.0 Å². The zero-order valence-corrected chi connectivity index (χ0v) is 8.54. The normalized spacial score (nSPS) is 11.7. The molecule has 0 aromatic heterocycles. The van der Waals surface area contributed by atoms with E-state index in [1.807, 2.05) is 4.72 Å². The number of nitrogens with one attached hydrogen (secondary N) is 1. The maximum atomic E-state index is 12.7. The number of rotatable bonds is 3. The van der Waals surface area contributed by atoms with Crippen LogP contribution in [0.1, 0.15) is 5.56 Å². The summed E-state index contributed by atoms with van der Waals surface area (Å²) in [6.07, 6.45) is 0.906. The van der Waals surface area contributed by atoms with Gasteiger partial charge < -0.3 is 0 Å². The van der Waals surface area contributed by atoms with Crippen LogP contribution in [0.5, 0.6) is 0 Å². The number of hydrogen-bond donors (Lipinski definition) is 1. The van der Waals surface area contributed by atoms with E-state index in [-0.39, 0.29) is 12.1 Å². The van der Waals surface area contributed by atoms with E-state index in [9.17, 15) is 21.6 Å². The first-order chi connectivity index (χ1) is 6.79. The molecular formula is C8H8F3NO2S. The predicted octanol–water partition coefficient (Wildman–Crippen LogP) is 1.15. The summed E-state index contributed by atoms with van der Waals surface area (Å²) in [6.45, 7) is -0.285. The Kier molecular flexibility index (Phi) is 3.35. The zero-order chi connectivity index (χ0) is 11.6. The summed E-state index contributed by atoms with van der Waals surface area (Å²) in [6, 6.07) is 1.47. The topological polar surface area (TPSA) is 46.2 Å². The zero-order valence-electron chi connectivity index (χ0n) is 7.72. The first-order valence-corrected chi connectivity index (χ1v) is 5.77.